The molecule has 0 aromatic heterocycles. The van der Waals surface area contributed by atoms with Crippen LogP contribution in [0.2, 0.25) is 0 Å². The van der Waals surface area contributed by atoms with Gasteiger partial charge in [-0.2, -0.15) is 0 Å². The van der Waals surface area contributed by atoms with Crippen molar-refractivity contribution in [3.8, 4) is 0 Å². The standard InChI is InChI=1S/C12H17NO2/c13-9-10-15-12(14)8-4-7-11-5-2-1-3-6-11/h1-3,5-6H,4,7-10,13H2. The van der Waals surface area contributed by atoms with E-state index in [1.165, 1.54) is 5.56 Å². The fourth-order valence-electron chi connectivity index (χ4n) is 1.33. The van der Waals surface area contributed by atoms with Gasteiger partial charge < -0.3 is 10.5 Å². The highest BCUT2D eigenvalue weighted by atomic mass is 16.5. The van der Waals surface area contributed by atoms with Crippen molar-refractivity contribution in [1.82, 2.24) is 0 Å². The molecule has 0 unspecified atom stereocenters. The van der Waals surface area contributed by atoms with Gasteiger partial charge in [0.15, 0.2) is 0 Å². The second-order valence-corrected chi connectivity index (χ2v) is 3.35. The van der Waals surface area contributed by atoms with Gasteiger partial charge in [-0.1, -0.05) is 30.3 Å². The quantitative estimate of drug-likeness (QED) is 0.719. The number of carbonyl (C=O) groups is 1. The Bertz CT molecular complexity index is 285. The average molecular weight is 207 g/mol. The summed E-state index contributed by atoms with van der Waals surface area (Å²) in [5.41, 5.74) is 6.47. The largest absolute Gasteiger partial charge is 0.464 e. The minimum atomic E-state index is -0.156. The minimum Gasteiger partial charge on any atom is -0.464 e. The summed E-state index contributed by atoms with van der Waals surface area (Å²) in [4.78, 5) is 11.1. The van der Waals surface area contributed by atoms with Crippen LogP contribution < -0.4 is 5.73 Å². The van der Waals surface area contributed by atoms with E-state index in [0.29, 0.717) is 19.6 Å². The molecule has 0 saturated carbocycles. The molecular formula is C12H17NO2. The summed E-state index contributed by atoms with van der Waals surface area (Å²) in [7, 11) is 0. The van der Waals surface area contributed by atoms with Gasteiger partial charge >= 0.3 is 5.97 Å². The molecule has 0 amide bonds. The lowest BCUT2D eigenvalue weighted by Gasteiger charge is -2.03. The van der Waals surface area contributed by atoms with E-state index in [0.717, 1.165) is 12.8 Å². The Kier molecular flexibility index (Phi) is 5.48. The molecule has 0 aliphatic rings. The summed E-state index contributed by atoms with van der Waals surface area (Å²) in [6.07, 6.45) is 2.21. The predicted molar refractivity (Wildman–Crippen MR) is 59.4 cm³/mol. The van der Waals surface area contributed by atoms with Gasteiger partial charge in [-0.3, -0.25) is 4.79 Å². The van der Waals surface area contributed by atoms with Crippen molar-refractivity contribution < 1.29 is 9.53 Å². The second kappa shape index (κ2) is 7.01. The van der Waals surface area contributed by atoms with Crippen LogP contribution in [-0.2, 0) is 16.0 Å². The summed E-state index contributed by atoms with van der Waals surface area (Å²) < 4.78 is 4.87. The zero-order valence-electron chi connectivity index (χ0n) is 8.82. The van der Waals surface area contributed by atoms with Gasteiger partial charge in [-0.05, 0) is 18.4 Å². The fourth-order valence-corrected chi connectivity index (χ4v) is 1.33. The Morgan fingerprint density at radius 2 is 2.00 bits per heavy atom. The molecule has 3 nitrogen and oxygen atoms in total. The molecular weight excluding hydrogens is 190 g/mol. The molecule has 1 aromatic rings. The number of hydrogen-bond acceptors (Lipinski definition) is 3. The number of nitrogens with two attached hydrogens (primary N) is 1. The van der Waals surface area contributed by atoms with E-state index < -0.39 is 0 Å². The van der Waals surface area contributed by atoms with Gasteiger partial charge in [0.2, 0.25) is 0 Å². The van der Waals surface area contributed by atoms with Gasteiger partial charge in [0.05, 0.1) is 0 Å². The SMILES string of the molecule is NCCOC(=O)CCCc1ccccc1. The highest BCUT2D eigenvalue weighted by Gasteiger charge is 2.01. The minimum absolute atomic E-state index is 0.156. The molecule has 15 heavy (non-hydrogen) atoms. The van der Waals surface area contributed by atoms with Crippen LogP contribution in [0, 0.1) is 0 Å². The van der Waals surface area contributed by atoms with Crippen LogP contribution in [0.4, 0.5) is 0 Å². The first-order chi connectivity index (χ1) is 7.33. The lowest BCUT2D eigenvalue weighted by atomic mass is 10.1. The molecule has 0 fully saturated rings. The average Bonchev–Trinajstić information content (AvgIpc) is 2.28. The maximum atomic E-state index is 11.1. The number of carbonyl (C=O) groups excluding carboxylic acids is 1. The number of ether oxygens (including phenoxy) is 1. The Hall–Kier alpha value is -1.35. The molecule has 0 aliphatic carbocycles. The van der Waals surface area contributed by atoms with Crippen LogP contribution in [0.5, 0.6) is 0 Å². The molecule has 82 valence electrons. The summed E-state index contributed by atoms with van der Waals surface area (Å²) in [5.74, 6) is -0.156. The van der Waals surface area contributed by atoms with Gasteiger partial charge in [-0.25, -0.2) is 0 Å². The Balaban J connectivity index is 2.14. The number of hydrogen-bond donors (Lipinski definition) is 1. The van der Waals surface area contributed by atoms with Crippen LogP contribution in [0.15, 0.2) is 30.3 Å². The Morgan fingerprint density at radius 3 is 2.67 bits per heavy atom. The summed E-state index contributed by atoms with van der Waals surface area (Å²) in [6.45, 7) is 0.717. The number of esters is 1. The first-order valence-electron chi connectivity index (χ1n) is 5.22. The summed E-state index contributed by atoms with van der Waals surface area (Å²) in [6, 6.07) is 10.1. The molecule has 0 radical (unpaired) electrons. The molecule has 0 bridgehead atoms. The fraction of sp³-hybridized carbons (Fsp3) is 0.417. The Labute approximate surface area is 90.2 Å². The monoisotopic (exact) mass is 207 g/mol. The van der Waals surface area contributed by atoms with Crippen LogP contribution in [-0.4, -0.2) is 19.1 Å². The first-order valence-corrected chi connectivity index (χ1v) is 5.22. The molecule has 2 N–H and O–H groups in total. The maximum Gasteiger partial charge on any atom is 0.305 e. The van der Waals surface area contributed by atoms with Crippen molar-refractivity contribution in [2.45, 2.75) is 19.3 Å². The molecule has 0 saturated heterocycles. The van der Waals surface area contributed by atoms with E-state index >= 15 is 0 Å². The summed E-state index contributed by atoms with van der Waals surface area (Å²) >= 11 is 0. The number of aryl methyl sites for hydroxylation is 1. The van der Waals surface area contributed by atoms with E-state index in [9.17, 15) is 4.79 Å². The first kappa shape index (κ1) is 11.7. The smallest absolute Gasteiger partial charge is 0.305 e. The van der Waals surface area contributed by atoms with Crippen LogP contribution in [0.25, 0.3) is 0 Å². The molecule has 1 aromatic carbocycles. The maximum absolute atomic E-state index is 11.1. The number of rotatable bonds is 6. The van der Waals surface area contributed by atoms with Crippen LogP contribution in [0.1, 0.15) is 18.4 Å². The lowest BCUT2D eigenvalue weighted by Crippen LogP contribution is -2.13. The van der Waals surface area contributed by atoms with E-state index in [2.05, 4.69) is 12.1 Å². The number of benzene rings is 1. The third-order valence-electron chi connectivity index (χ3n) is 2.07. The van der Waals surface area contributed by atoms with Crippen molar-refractivity contribution >= 4 is 5.97 Å². The van der Waals surface area contributed by atoms with Crippen LogP contribution >= 0.6 is 0 Å². The van der Waals surface area contributed by atoms with Gasteiger partial charge in [-0.15, -0.1) is 0 Å². The van der Waals surface area contributed by atoms with Gasteiger partial charge in [0.1, 0.15) is 6.61 Å². The van der Waals surface area contributed by atoms with Gasteiger partial charge in [0, 0.05) is 13.0 Å². The second-order valence-electron chi connectivity index (χ2n) is 3.35. The zero-order chi connectivity index (χ0) is 10.9. The molecule has 1 rings (SSSR count). The van der Waals surface area contributed by atoms with E-state index in [1.807, 2.05) is 18.2 Å². The zero-order valence-corrected chi connectivity index (χ0v) is 8.82. The molecule has 0 atom stereocenters. The van der Waals surface area contributed by atoms with Crippen LogP contribution in [0.3, 0.4) is 0 Å². The predicted octanol–water partition coefficient (Wildman–Crippen LogP) is 1.51. The normalized spacial score (nSPS) is 9.93. The Morgan fingerprint density at radius 1 is 1.27 bits per heavy atom. The van der Waals surface area contributed by atoms with Crippen molar-refractivity contribution in [3.63, 3.8) is 0 Å². The highest BCUT2D eigenvalue weighted by molar-refractivity contribution is 5.69. The molecule has 0 spiro atoms. The van der Waals surface area contributed by atoms with Gasteiger partial charge in [0.25, 0.3) is 0 Å². The summed E-state index contributed by atoms with van der Waals surface area (Å²) in [5, 5.41) is 0. The molecule has 3 heteroatoms. The highest BCUT2D eigenvalue weighted by Crippen LogP contribution is 2.04. The van der Waals surface area contributed by atoms with Crippen molar-refractivity contribution in [2.24, 2.45) is 5.73 Å². The molecule has 0 aliphatic heterocycles. The molecule has 0 heterocycles. The third-order valence-corrected chi connectivity index (χ3v) is 2.07. The van der Waals surface area contributed by atoms with E-state index in [-0.39, 0.29) is 5.97 Å². The lowest BCUT2D eigenvalue weighted by molar-refractivity contribution is -0.143. The van der Waals surface area contributed by atoms with E-state index in [1.54, 1.807) is 0 Å². The van der Waals surface area contributed by atoms with Crippen molar-refractivity contribution in [2.75, 3.05) is 13.2 Å². The topological polar surface area (TPSA) is 52.3 Å². The third kappa shape index (κ3) is 5.18. The van der Waals surface area contributed by atoms with Crippen molar-refractivity contribution in [3.05, 3.63) is 35.9 Å². The van der Waals surface area contributed by atoms with Crippen molar-refractivity contribution in [1.29, 1.82) is 0 Å². The van der Waals surface area contributed by atoms with E-state index in [4.69, 9.17) is 10.5 Å².